The molecule has 1 N–H and O–H groups in total. The molecule has 0 aliphatic heterocycles. The van der Waals surface area contributed by atoms with Gasteiger partial charge in [0.15, 0.2) is 6.61 Å². The Morgan fingerprint density at radius 3 is 2.62 bits per heavy atom. The molecule has 1 saturated carbocycles. The highest BCUT2D eigenvalue weighted by Crippen LogP contribution is 2.25. The fraction of sp³-hybridized carbons (Fsp3) is 0.611. The second-order valence-corrected chi connectivity index (χ2v) is 6.97. The number of ether oxygens (including phenoxy) is 1. The summed E-state index contributed by atoms with van der Waals surface area (Å²) in [5.74, 6) is 0.754. The standard InChI is InChI=1S/C18H27NO2/c1-18(2,3)14-8-7-11-16(12-14)21-13-17(20)19-15-9-5-4-6-10-15/h7-8,11-12,15H,4-6,9-10,13H2,1-3H3,(H,19,20). The average molecular weight is 289 g/mol. The minimum Gasteiger partial charge on any atom is -0.484 e. The molecule has 3 nitrogen and oxygen atoms in total. The number of nitrogens with one attached hydrogen (secondary N) is 1. The molecular weight excluding hydrogens is 262 g/mol. The minimum absolute atomic E-state index is 0.0111. The number of amides is 1. The Bertz CT molecular complexity index is 470. The molecule has 0 saturated heterocycles. The van der Waals surface area contributed by atoms with Crippen LogP contribution in [0.3, 0.4) is 0 Å². The summed E-state index contributed by atoms with van der Waals surface area (Å²) < 4.78 is 5.63. The molecule has 1 aliphatic carbocycles. The third-order valence-corrected chi connectivity index (χ3v) is 4.04. The van der Waals surface area contributed by atoms with Gasteiger partial charge in [-0.3, -0.25) is 4.79 Å². The van der Waals surface area contributed by atoms with Crippen LogP contribution in [-0.2, 0) is 10.2 Å². The van der Waals surface area contributed by atoms with Crippen LogP contribution in [0.15, 0.2) is 24.3 Å². The zero-order valence-electron chi connectivity index (χ0n) is 13.4. The molecule has 1 fully saturated rings. The van der Waals surface area contributed by atoms with E-state index in [1.807, 2.05) is 18.2 Å². The van der Waals surface area contributed by atoms with Gasteiger partial charge < -0.3 is 10.1 Å². The van der Waals surface area contributed by atoms with Gasteiger partial charge in [0.1, 0.15) is 5.75 Å². The van der Waals surface area contributed by atoms with E-state index in [4.69, 9.17) is 4.74 Å². The fourth-order valence-corrected chi connectivity index (χ4v) is 2.72. The quantitative estimate of drug-likeness (QED) is 0.915. The summed E-state index contributed by atoms with van der Waals surface area (Å²) in [6, 6.07) is 8.34. The van der Waals surface area contributed by atoms with Crippen molar-refractivity contribution in [1.82, 2.24) is 5.32 Å². The molecule has 3 heteroatoms. The molecule has 0 aromatic heterocycles. The molecule has 116 valence electrons. The van der Waals surface area contributed by atoms with Crippen LogP contribution < -0.4 is 10.1 Å². The Morgan fingerprint density at radius 2 is 1.95 bits per heavy atom. The molecule has 1 amide bonds. The summed E-state index contributed by atoms with van der Waals surface area (Å²) in [5.41, 5.74) is 1.30. The summed E-state index contributed by atoms with van der Waals surface area (Å²) in [5, 5.41) is 3.07. The molecule has 0 atom stereocenters. The van der Waals surface area contributed by atoms with Gasteiger partial charge in [-0.15, -0.1) is 0 Å². The van der Waals surface area contributed by atoms with Crippen LogP contribution >= 0.6 is 0 Å². The van der Waals surface area contributed by atoms with Gasteiger partial charge in [0.05, 0.1) is 0 Å². The van der Waals surface area contributed by atoms with Gasteiger partial charge in [0.25, 0.3) is 5.91 Å². The second kappa shape index (κ2) is 6.97. The number of carbonyl (C=O) groups excluding carboxylic acids is 1. The lowest BCUT2D eigenvalue weighted by Crippen LogP contribution is -2.38. The maximum atomic E-state index is 11.9. The predicted molar refractivity (Wildman–Crippen MR) is 85.7 cm³/mol. The smallest absolute Gasteiger partial charge is 0.258 e. The van der Waals surface area contributed by atoms with Crippen LogP contribution in [0.4, 0.5) is 0 Å². The van der Waals surface area contributed by atoms with E-state index in [9.17, 15) is 4.79 Å². The number of rotatable bonds is 4. The van der Waals surface area contributed by atoms with Gasteiger partial charge in [-0.25, -0.2) is 0 Å². The molecule has 0 radical (unpaired) electrons. The summed E-state index contributed by atoms with van der Waals surface area (Å²) in [6.07, 6.45) is 5.94. The zero-order valence-corrected chi connectivity index (χ0v) is 13.4. The van der Waals surface area contributed by atoms with Crippen LogP contribution in [0.2, 0.25) is 0 Å². The van der Waals surface area contributed by atoms with Crippen LogP contribution in [-0.4, -0.2) is 18.6 Å². The Labute approximate surface area is 128 Å². The van der Waals surface area contributed by atoms with Crippen molar-refractivity contribution in [3.8, 4) is 5.75 Å². The number of hydrogen-bond acceptors (Lipinski definition) is 2. The van der Waals surface area contributed by atoms with E-state index in [-0.39, 0.29) is 17.9 Å². The van der Waals surface area contributed by atoms with Gasteiger partial charge in [0, 0.05) is 6.04 Å². The molecule has 0 bridgehead atoms. The highest BCUT2D eigenvalue weighted by Gasteiger charge is 2.17. The molecule has 1 aromatic rings. The average Bonchev–Trinajstić information content (AvgIpc) is 2.46. The Morgan fingerprint density at radius 1 is 1.24 bits per heavy atom. The van der Waals surface area contributed by atoms with E-state index in [1.54, 1.807) is 0 Å². The highest BCUT2D eigenvalue weighted by molar-refractivity contribution is 5.77. The van der Waals surface area contributed by atoms with E-state index >= 15 is 0 Å². The summed E-state index contributed by atoms with van der Waals surface area (Å²) in [7, 11) is 0. The number of benzene rings is 1. The number of carbonyl (C=O) groups is 1. The lowest BCUT2D eigenvalue weighted by molar-refractivity contribution is -0.124. The maximum Gasteiger partial charge on any atom is 0.258 e. The first-order valence-corrected chi connectivity index (χ1v) is 7.98. The Hall–Kier alpha value is -1.51. The lowest BCUT2D eigenvalue weighted by atomic mass is 9.87. The Kier molecular flexibility index (Phi) is 5.27. The molecule has 2 rings (SSSR count). The van der Waals surface area contributed by atoms with Crippen LogP contribution in [0.25, 0.3) is 0 Å². The van der Waals surface area contributed by atoms with E-state index in [1.165, 1.54) is 24.8 Å². The molecule has 0 unspecified atom stereocenters. The third-order valence-electron chi connectivity index (χ3n) is 4.04. The van der Waals surface area contributed by atoms with Gasteiger partial charge in [-0.05, 0) is 36.0 Å². The van der Waals surface area contributed by atoms with Crippen LogP contribution in [0, 0.1) is 0 Å². The van der Waals surface area contributed by atoms with Crippen LogP contribution in [0.5, 0.6) is 5.75 Å². The molecule has 0 spiro atoms. The summed E-state index contributed by atoms with van der Waals surface area (Å²) in [6.45, 7) is 6.61. The molecule has 21 heavy (non-hydrogen) atoms. The zero-order chi connectivity index (χ0) is 15.3. The van der Waals surface area contributed by atoms with Gasteiger partial charge in [-0.2, -0.15) is 0 Å². The van der Waals surface area contributed by atoms with Crippen molar-refractivity contribution in [3.05, 3.63) is 29.8 Å². The SMILES string of the molecule is CC(C)(C)c1cccc(OCC(=O)NC2CCCCC2)c1. The summed E-state index contributed by atoms with van der Waals surface area (Å²) >= 11 is 0. The van der Waals surface area contributed by atoms with Crippen LogP contribution in [0.1, 0.15) is 58.4 Å². The molecular formula is C18H27NO2. The van der Waals surface area contributed by atoms with Gasteiger partial charge >= 0.3 is 0 Å². The first-order valence-electron chi connectivity index (χ1n) is 7.98. The fourth-order valence-electron chi connectivity index (χ4n) is 2.72. The van der Waals surface area contributed by atoms with Crippen molar-refractivity contribution in [1.29, 1.82) is 0 Å². The minimum atomic E-state index is -0.0111. The molecule has 1 aliphatic rings. The van der Waals surface area contributed by atoms with E-state index < -0.39 is 0 Å². The first-order chi connectivity index (χ1) is 9.95. The summed E-state index contributed by atoms with van der Waals surface area (Å²) in [4.78, 5) is 11.9. The van der Waals surface area contributed by atoms with Crippen molar-refractivity contribution in [2.75, 3.05) is 6.61 Å². The van der Waals surface area contributed by atoms with Crippen molar-refractivity contribution < 1.29 is 9.53 Å². The van der Waals surface area contributed by atoms with Crippen molar-refractivity contribution >= 4 is 5.91 Å². The normalized spacial score (nSPS) is 16.5. The molecule has 0 heterocycles. The van der Waals surface area contributed by atoms with Crippen molar-refractivity contribution in [2.45, 2.75) is 64.3 Å². The van der Waals surface area contributed by atoms with Gasteiger partial charge in [-0.1, -0.05) is 52.2 Å². The highest BCUT2D eigenvalue weighted by atomic mass is 16.5. The second-order valence-electron chi connectivity index (χ2n) is 6.97. The Balaban J connectivity index is 1.83. The van der Waals surface area contributed by atoms with E-state index in [2.05, 4.69) is 32.2 Å². The topological polar surface area (TPSA) is 38.3 Å². The lowest BCUT2D eigenvalue weighted by Gasteiger charge is -2.23. The van der Waals surface area contributed by atoms with Crippen molar-refractivity contribution in [2.24, 2.45) is 0 Å². The first kappa shape index (κ1) is 15.9. The maximum absolute atomic E-state index is 11.9. The predicted octanol–water partition coefficient (Wildman–Crippen LogP) is 3.81. The van der Waals surface area contributed by atoms with E-state index in [0.29, 0.717) is 6.04 Å². The third kappa shape index (κ3) is 5.07. The van der Waals surface area contributed by atoms with Gasteiger partial charge in [0.2, 0.25) is 0 Å². The molecule has 1 aromatic carbocycles. The largest absolute Gasteiger partial charge is 0.484 e. The van der Waals surface area contributed by atoms with E-state index in [0.717, 1.165) is 18.6 Å². The number of hydrogen-bond donors (Lipinski definition) is 1. The van der Waals surface area contributed by atoms with Crippen molar-refractivity contribution in [3.63, 3.8) is 0 Å². The monoisotopic (exact) mass is 289 g/mol.